The predicted molar refractivity (Wildman–Crippen MR) is 59.2 cm³/mol. The number of hydrogen-bond acceptors (Lipinski definition) is 1. The second-order valence-corrected chi connectivity index (χ2v) is 3.54. The van der Waals surface area contributed by atoms with Crippen LogP contribution in [0.15, 0.2) is 35.5 Å². The molecule has 0 aliphatic heterocycles. The molecular formula is C10H7ClF3N3. The summed E-state index contributed by atoms with van der Waals surface area (Å²) >= 11 is 5.69. The van der Waals surface area contributed by atoms with Crippen LogP contribution in [0.3, 0.4) is 0 Å². The van der Waals surface area contributed by atoms with Gasteiger partial charge in [-0.05, 0) is 23.2 Å². The molecule has 3 nitrogen and oxygen atoms in total. The summed E-state index contributed by atoms with van der Waals surface area (Å²) in [4.78, 5) is 2.49. The Balaban J connectivity index is 3.05. The van der Waals surface area contributed by atoms with Gasteiger partial charge < -0.3 is 0 Å². The van der Waals surface area contributed by atoms with Gasteiger partial charge in [0, 0.05) is 15.6 Å². The largest absolute Gasteiger partial charge is 0.392 e. The normalized spacial score (nSPS) is 12.1. The molecular weight excluding hydrogens is 255 g/mol. The van der Waals surface area contributed by atoms with Crippen LogP contribution in [-0.4, -0.2) is 6.18 Å². The lowest BCUT2D eigenvalue weighted by Crippen LogP contribution is -2.04. The second kappa shape index (κ2) is 5.61. The van der Waals surface area contributed by atoms with Gasteiger partial charge in [0.15, 0.2) is 0 Å². The zero-order valence-corrected chi connectivity index (χ0v) is 9.20. The molecule has 0 heterocycles. The monoisotopic (exact) mass is 261 g/mol. The molecule has 0 N–H and O–H groups in total. The summed E-state index contributed by atoms with van der Waals surface area (Å²) < 4.78 is 36.1. The van der Waals surface area contributed by atoms with Gasteiger partial charge in [-0.3, -0.25) is 0 Å². The van der Waals surface area contributed by atoms with Gasteiger partial charge in [0.25, 0.3) is 0 Å². The third-order valence-electron chi connectivity index (χ3n) is 1.80. The van der Waals surface area contributed by atoms with Crippen LogP contribution in [0.1, 0.15) is 12.0 Å². The highest BCUT2D eigenvalue weighted by molar-refractivity contribution is 6.30. The summed E-state index contributed by atoms with van der Waals surface area (Å²) in [6.45, 7) is 0. The van der Waals surface area contributed by atoms with E-state index in [4.69, 9.17) is 17.1 Å². The third-order valence-corrected chi connectivity index (χ3v) is 2.03. The van der Waals surface area contributed by atoms with E-state index in [1.54, 1.807) is 12.1 Å². The van der Waals surface area contributed by atoms with E-state index in [1.165, 1.54) is 12.1 Å². The quantitative estimate of drug-likeness (QED) is 0.420. The molecule has 1 rings (SSSR count). The van der Waals surface area contributed by atoms with Crippen molar-refractivity contribution in [1.29, 1.82) is 0 Å². The maximum Gasteiger partial charge on any atom is 0.392 e. The van der Waals surface area contributed by atoms with Gasteiger partial charge in [-0.25, -0.2) is 0 Å². The molecule has 0 aliphatic carbocycles. The van der Waals surface area contributed by atoms with Gasteiger partial charge >= 0.3 is 6.18 Å². The molecule has 7 heteroatoms. The Kier molecular flexibility index (Phi) is 4.43. The molecule has 0 aromatic heterocycles. The minimum Gasteiger partial charge on any atom is -0.171 e. The number of nitrogens with zero attached hydrogens (tertiary/aromatic N) is 3. The Morgan fingerprint density at radius 1 is 1.47 bits per heavy atom. The first kappa shape index (κ1) is 13.4. The summed E-state index contributed by atoms with van der Waals surface area (Å²) in [5.41, 5.74) is 8.56. The Morgan fingerprint density at radius 2 is 2.18 bits per heavy atom. The second-order valence-electron chi connectivity index (χ2n) is 3.11. The lowest BCUT2D eigenvalue weighted by molar-refractivity contribution is -0.124. The van der Waals surface area contributed by atoms with Crippen LogP contribution < -0.4 is 0 Å². The van der Waals surface area contributed by atoms with Gasteiger partial charge in [0.1, 0.15) is 0 Å². The molecule has 0 bridgehead atoms. The summed E-state index contributed by atoms with van der Waals surface area (Å²) in [7, 11) is 0. The average molecular weight is 262 g/mol. The number of hydrogen-bond donors (Lipinski definition) is 0. The SMILES string of the molecule is [N-]=[N+]=NC(=CCC(F)(F)F)c1cccc(Cl)c1. The molecule has 1 aromatic rings. The van der Waals surface area contributed by atoms with Crippen LogP contribution in [0, 0.1) is 0 Å². The number of rotatable bonds is 3. The number of alkyl halides is 3. The third kappa shape index (κ3) is 4.80. The van der Waals surface area contributed by atoms with Crippen molar-refractivity contribution in [3.63, 3.8) is 0 Å². The standard InChI is InChI=1S/C10H7ClF3N3/c11-8-3-1-2-7(6-8)9(16-17-15)4-5-10(12,13)14/h1-4,6H,5H2. The number of azide groups is 1. The minimum absolute atomic E-state index is 0.0904. The fourth-order valence-corrected chi connectivity index (χ4v) is 1.32. The highest BCUT2D eigenvalue weighted by Crippen LogP contribution is 2.25. The van der Waals surface area contributed by atoms with Crippen molar-refractivity contribution in [3.8, 4) is 0 Å². The number of halogens is 4. The van der Waals surface area contributed by atoms with Crippen molar-refractivity contribution in [2.24, 2.45) is 5.11 Å². The fourth-order valence-electron chi connectivity index (χ4n) is 1.12. The van der Waals surface area contributed by atoms with Crippen LogP contribution in [-0.2, 0) is 0 Å². The highest BCUT2D eigenvalue weighted by atomic mass is 35.5. The number of benzene rings is 1. The van der Waals surface area contributed by atoms with Crippen molar-refractivity contribution in [1.82, 2.24) is 0 Å². The molecule has 0 aliphatic rings. The first-order valence-corrected chi connectivity index (χ1v) is 4.88. The Bertz CT molecular complexity index is 476. The fraction of sp³-hybridized carbons (Fsp3) is 0.200. The molecule has 0 amide bonds. The van der Waals surface area contributed by atoms with E-state index in [0.29, 0.717) is 10.6 Å². The van der Waals surface area contributed by atoms with Gasteiger partial charge in [0.05, 0.1) is 6.42 Å². The van der Waals surface area contributed by atoms with Crippen LogP contribution >= 0.6 is 11.6 Å². The summed E-state index contributed by atoms with van der Waals surface area (Å²) in [5, 5.41) is 3.58. The van der Waals surface area contributed by atoms with Crippen molar-refractivity contribution in [3.05, 3.63) is 51.4 Å². The van der Waals surface area contributed by atoms with Crippen molar-refractivity contribution >= 4 is 17.3 Å². The number of allylic oxidation sites excluding steroid dienone is 1. The summed E-state index contributed by atoms with van der Waals surface area (Å²) in [6.07, 6.45) is -4.67. The zero-order chi connectivity index (χ0) is 12.9. The Hall–Kier alpha value is -1.65. The lowest BCUT2D eigenvalue weighted by atomic mass is 10.1. The predicted octanol–water partition coefficient (Wildman–Crippen LogP) is 4.94. The Morgan fingerprint density at radius 3 is 2.71 bits per heavy atom. The minimum atomic E-state index is -4.34. The highest BCUT2D eigenvalue weighted by Gasteiger charge is 2.25. The first-order chi connectivity index (χ1) is 7.92. The van der Waals surface area contributed by atoms with Crippen LogP contribution in [0.2, 0.25) is 5.02 Å². The van der Waals surface area contributed by atoms with Crippen LogP contribution in [0.25, 0.3) is 16.1 Å². The van der Waals surface area contributed by atoms with Crippen molar-refractivity contribution < 1.29 is 13.2 Å². The molecule has 0 radical (unpaired) electrons. The molecule has 0 fully saturated rings. The molecule has 0 saturated carbocycles. The zero-order valence-electron chi connectivity index (χ0n) is 8.45. The van der Waals surface area contributed by atoms with E-state index in [-0.39, 0.29) is 5.70 Å². The van der Waals surface area contributed by atoms with E-state index >= 15 is 0 Å². The van der Waals surface area contributed by atoms with Gasteiger partial charge in [-0.2, -0.15) is 13.2 Å². The first-order valence-electron chi connectivity index (χ1n) is 4.50. The smallest absolute Gasteiger partial charge is 0.171 e. The van der Waals surface area contributed by atoms with Gasteiger partial charge in [-0.1, -0.05) is 34.9 Å². The van der Waals surface area contributed by atoms with E-state index in [9.17, 15) is 13.2 Å². The summed E-state index contributed by atoms with van der Waals surface area (Å²) in [6, 6.07) is 6.08. The van der Waals surface area contributed by atoms with Crippen LogP contribution in [0.4, 0.5) is 13.2 Å². The molecule has 90 valence electrons. The van der Waals surface area contributed by atoms with Crippen molar-refractivity contribution in [2.45, 2.75) is 12.6 Å². The van der Waals surface area contributed by atoms with E-state index in [2.05, 4.69) is 10.0 Å². The van der Waals surface area contributed by atoms with E-state index < -0.39 is 12.6 Å². The maximum absolute atomic E-state index is 12.0. The topological polar surface area (TPSA) is 48.8 Å². The maximum atomic E-state index is 12.0. The molecule has 17 heavy (non-hydrogen) atoms. The van der Waals surface area contributed by atoms with Crippen LogP contribution in [0.5, 0.6) is 0 Å². The average Bonchev–Trinajstić information content (AvgIpc) is 2.23. The molecule has 0 saturated heterocycles. The lowest BCUT2D eigenvalue weighted by Gasteiger charge is -2.04. The molecule has 0 spiro atoms. The Labute approximate surface area is 100 Å². The molecule has 0 unspecified atom stereocenters. The van der Waals surface area contributed by atoms with Crippen molar-refractivity contribution in [2.75, 3.05) is 0 Å². The van der Waals surface area contributed by atoms with E-state index in [0.717, 1.165) is 6.08 Å². The molecule has 1 aromatic carbocycles. The van der Waals surface area contributed by atoms with Gasteiger partial charge in [0.2, 0.25) is 0 Å². The van der Waals surface area contributed by atoms with E-state index in [1.807, 2.05) is 0 Å². The van der Waals surface area contributed by atoms with Gasteiger partial charge in [-0.15, -0.1) is 0 Å². The summed E-state index contributed by atoms with van der Waals surface area (Å²) in [5.74, 6) is 0. The molecule has 0 atom stereocenters.